The molecule has 2 aliphatic rings. The summed E-state index contributed by atoms with van der Waals surface area (Å²) in [5, 5.41) is 4.00. The van der Waals surface area contributed by atoms with Gasteiger partial charge in [-0.05, 0) is 89.2 Å². The predicted molar refractivity (Wildman–Crippen MR) is 158 cm³/mol. The summed E-state index contributed by atoms with van der Waals surface area (Å²) in [6.45, 7) is 6.04. The first kappa shape index (κ1) is 31.2. The monoisotopic (exact) mass is 624 g/mol. The van der Waals surface area contributed by atoms with Crippen LogP contribution in [0.25, 0.3) is 22.2 Å². The van der Waals surface area contributed by atoms with E-state index in [1.165, 1.54) is 36.6 Å². The van der Waals surface area contributed by atoms with E-state index in [2.05, 4.69) is 20.2 Å². The molecule has 14 heteroatoms. The van der Waals surface area contributed by atoms with Crippen LogP contribution in [0.4, 0.5) is 29.2 Å². The van der Waals surface area contributed by atoms with Crippen molar-refractivity contribution in [2.75, 3.05) is 28.9 Å². The van der Waals surface area contributed by atoms with Gasteiger partial charge in [0, 0.05) is 35.3 Å². The van der Waals surface area contributed by atoms with Gasteiger partial charge in [-0.25, -0.2) is 17.8 Å². The molecule has 234 valence electrons. The number of nitrogens with zero attached hydrogens (tertiary/aromatic N) is 4. The molecule has 0 unspecified atom stereocenters. The molecule has 0 amide bonds. The van der Waals surface area contributed by atoms with Crippen LogP contribution in [0, 0.1) is 5.82 Å². The second-order valence-electron chi connectivity index (χ2n) is 11.7. The fourth-order valence-corrected chi connectivity index (χ4v) is 7.09. The van der Waals surface area contributed by atoms with Crippen LogP contribution in [0.15, 0.2) is 35.3 Å². The van der Waals surface area contributed by atoms with Crippen molar-refractivity contribution in [3.63, 3.8) is 0 Å². The maximum atomic E-state index is 14.9. The lowest BCUT2D eigenvalue weighted by molar-refractivity contribution is -0.129. The van der Waals surface area contributed by atoms with Gasteiger partial charge in [-0.1, -0.05) is 6.07 Å². The number of sulfonamides is 1. The van der Waals surface area contributed by atoms with Crippen LogP contribution >= 0.6 is 0 Å². The third-order valence-electron chi connectivity index (χ3n) is 8.18. The molecular weight excluding hydrogens is 588 g/mol. The number of benzene rings is 1. The fourth-order valence-electron chi connectivity index (χ4n) is 5.98. The first-order valence-electron chi connectivity index (χ1n) is 14.6. The number of pyridine rings is 1. The number of hydrogen-bond donors (Lipinski definition) is 2. The van der Waals surface area contributed by atoms with Crippen LogP contribution in [0.1, 0.15) is 64.8 Å². The minimum absolute atomic E-state index is 0.149. The van der Waals surface area contributed by atoms with E-state index < -0.39 is 45.4 Å². The molecule has 0 spiro atoms. The SMILES string of the molecule is CC(C)n1c(=O)c(-c2ccc(NS(=O)(=O)CCC(F)(F)F)c(F)c2)cc2cnc(N[C@H]3CC[C@H](N4CCCC4)CC3)nc21. The molecule has 5 rings (SSSR count). The van der Waals surface area contributed by atoms with Crippen molar-refractivity contribution in [2.24, 2.45) is 0 Å². The first-order chi connectivity index (χ1) is 20.3. The van der Waals surface area contributed by atoms with Gasteiger partial charge in [0.05, 0.1) is 17.9 Å². The van der Waals surface area contributed by atoms with Crippen molar-refractivity contribution >= 4 is 32.7 Å². The Bertz CT molecular complexity index is 1630. The molecule has 1 aliphatic carbocycles. The molecule has 3 heterocycles. The summed E-state index contributed by atoms with van der Waals surface area (Å²) in [6.07, 6.45) is 2.20. The number of hydrogen-bond acceptors (Lipinski definition) is 7. The molecule has 0 atom stereocenters. The molecule has 1 aliphatic heterocycles. The first-order valence-corrected chi connectivity index (χ1v) is 16.2. The van der Waals surface area contributed by atoms with Crippen LogP contribution < -0.4 is 15.6 Å². The number of likely N-dealkylation sites (tertiary alicyclic amines) is 1. The Hall–Kier alpha value is -3.26. The van der Waals surface area contributed by atoms with Crippen molar-refractivity contribution in [3.05, 3.63) is 46.6 Å². The van der Waals surface area contributed by atoms with Crippen molar-refractivity contribution < 1.29 is 26.0 Å². The Labute approximate surface area is 247 Å². The molecule has 43 heavy (non-hydrogen) atoms. The molecule has 3 aromatic rings. The number of alkyl halides is 3. The number of rotatable bonds is 9. The minimum atomic E-state index is -4.67. The Morgan fingerprint density at radius 3 is 2.40 bits per heavy atom. The Balaban J connectivity index is 1.36. The molecule has 0 bridgehead atoms. The second kappa shape index (κ2) is 12.4. The van der Waals surface area contributed by atoms with E-state index in [1.807, 2.05) is 18.6 Å². The van der Waals surface area contributed by atoms with Crippen LogP contribution in [-0.2, 0) is 10.0 Å². The van der Waals surface area contributed by atoms with Gasteiger partial charge in [-0.3, -0.25) is 14.1 Å². The normalized spacial score (nSPS) is 20.2. The molecular formula is C29H36F4N6O3S. The van der Waals surface area contributed by atoms with Crippen molar-refractivity contribution in [2.45, 2.75) is 83.1 Å². The molecule has 1 saturated carbocycles. The van der Waals surface area contributed by atoms with Gasteiger partial charge in [0.15, 0.2) is 0 Å². The van der Waals surface area contributed by atoms with Gasteiger partial charge < -0.3 is 10.2 Å². The maximum Gasteiger partial charge on any atom is 0.390 e. The van der Waals surface area contributed by atoms with Crippen molar-refractivity contribution in [3.8, 4) is 11.1 Å². The van der Waals surface area contributed by atoms with Crippen LogP contribution in [-0.4, -0.2) is 65.0 Å². The molecule has 0 radical (unpaired) electrons. The highest BCUT2D eigenvalue weighted by molar-refractivity contribution is 7.92. The van der Waals surface area contributed by atoms with E-state index in [1.54, 1.807) is 12.3 Å². The quantitative estimate of drug-likeness (QED) is 0.295. The van der Waals surface area contributed by atoms with Gasteiger partial charge >= 0.3 is 6.18 Å². The van der Waals surface area contributed by atoms with E-state index in [0.29, 0.717) is 23.0 Å². The van der Waals surface area contributed by atoms with Crippen LogP contribution in [0.5, 0.6) is 0 Å². The summed E-state index contributed by atoms with van der Waals surface area (Å²) in [4.78, 5) is 25.4. The van der Waals surface area contributed by atoms with Crippen molar-refractivity contribution in [1.29, 1.82) is 0 Å². The number of aromatic nitrogens is 3. The largest absolute Gasteiger partial charge is 0.390 e. The van der Waals surface area contributed by atoms with Gasteiger partial charge in [-0.2, -0.15) is 18.2 Å². The molecule has 2 aromatic heterocycles. The average Bonchev–Trinajstić information content (AvgIpc) is 3.48. The zero-order chi connectivity index (χ0) is 30.9. The minimum Gasteiger partial charge on any atom is -0.351 e. The summed E-state index contributed by atoms with van der Waals surface area (Å²) in [5.41, 5.74) is -0.174. The zero-order valence-corrected chi connectivity index (χ0v) is 24.9. The van der Waals surface area contributed by atoms with Gasteiger partial charge in [0.1, 0.15) is 11.5 Å². The Morgan fingerprint density at radius 1 is 1.07 bits per heavy atom. The number of fused-ring (bicyclic) bond motifs is 1. The third-order valence-corrected chi connectivity index (χ3v) is 9.45. The summed E-state index contributed by atoms with van der Waals surface area (Å²) in [5.74, 6) is -1.83. The molecule has 2 fully saturated rings. The molecule has 2 N–H and O–H groups in total. The summed E-state index contributed by atoms with van der Waals surface area (Å²) in [7, 11) is -4.44. The standard InChI is InChI=1S/C29H36F4N6O3S/c1-18(2)39-26-20(17-34-28(36-26)35-21-6-8-22(9-7-21)38-12-3-4-13-38)15-23(27(39)40)19-5-10-25(24(30)16-19)37-43(41,42)14-11-29(31,32)33/h5,10,15-18,21-22,37H,3-4,6-9,11-14H2,1-2H3,(H,34,35,36)/t21-,22-. The molecule has 1 saturated heterocycles. The van der Waals surface area contributed by atoms with E-state index in [-0.39, 0.29) is 23.2 Å². The maximum absolute atomic E-state index is 14.9. The predicted octanol–water partition coefficient (Wildman–Crippen LogP) is 5.69. The lowest BCUT2D eigenvalue weighted by atomic mass is 9.90. The smallest absolute Gasteiger partial charge is 0.351 e. The highest BCUT2D eigenvalue weighted by Gasteiger charge is 2.30. The lowest BCUT2D eigenvalue weighted by Gasteiger charge is -2.34. The Kier molecular flexibility index (Phi) is 8.98. The van der Waals surface area contributed by atoms with Crippen LogP contribution in [0.3, 0.4) is 0 Å². The van der Waals surface area contributed by atoms with E-state index in [9.17, 15) is 30.8 Å². The lowest BCUT2D eigenvalue weighted by Crippen LogP contribution is -2.39. The summed E-state index contributed by atoms with van der Waals surface area (Å²) >= 11 is 0. The molecule has 9 nitrogen and oxygen atoms in total. The van der Waals surface area contributed by atoms with E-state index in [0.717, 1.165) is 37.8 Å². The fraction of sp³-hybridized carbons (Fsp3) is 0.552. The van der Waals surface area contributed by atoms with Gasteiger partial charge in [0.25, 0.3) is 5.56 Å². The Morgan fingerprint density at radius 2 is 1.77 bits per heavy atom. The van der Waals surface area contributed by atoms with E-state index >= 15 is 0 Å². The average molecular weight is 625 g/mol. The highest BCUT2D eigenvalue weighted by atomic mass is 32.2. The highest BCUT2D eigenvalue weighted by Crippen LogP contribution is 2.29. The van der Waals surface area contributed by atoms with Crippen LogP contribution in [0.2, 0.25) is 0 Å². The van der Waals surface area contributed by atoms with Gasteiger partial charge in [0.2, 0.25) is 16.0 Å². The summed E-state index contributed by atoms with van der Waals surface area (Å²) < 4.78 is 79.8. The third kappa shape index (κ3) is 7.46. The van der Waals surface area contributed by atoms with E-state index in [4.69, 9.17) is 0 Å². The number of nitrogens with one attached hydrogen (secondary N) is 2. The zero-order valence-electron chi connectivity index (χ0n) is 24.1. The number of anilines is 2. The molecule has 1 aromatic carbocycles. The number of halogens is 4. The topological polar surface area (TPSA) is 109 Å². The van der Waals surface area contributed by atoms with Crippen molar-refractivity contribution in [1.82, 2.24) is 19.4 Å². The second-order valence-corrected chi connectivity index (χ2v) is 13.5. The van der Waals surface area contributed by atoms with Gasteiger partial charge in [-0.15, -0.1) is 0 Å². The summed E-state index contributed by atoms with van der Waals surface area (Å²) in [6, 6.07) is 5.54.